The Morgan fingerprint density at radius 3 is 2.38 bits per heavy atom. The summed E-state index contributed by atoms with van der Waals surface area (Å²) in [4.78, 5) is 24.3. The van der Waals surface area contributed by atoms with Crippen LogP contribution in [0.4, 0.5) is 0 Å². The van der Waals surface area contributed by atoms with E-state index in [9.17, 15) is 9.59 Å². The lowest BCUT2D eigenvalue weighted by Gasteiger charge is -2.56. The monoisotopic (exact) mass is 375 g/mol. The summed E-state index contributed by atoms with van der Waals surface area (Å²) < 4.78 is 5.21. The molecule has 140 valence electrons. The molecule has 0 saturated heterocycles. The van der Waals surface area contributed by atoms with Gasteiger partial charge in [-0.2, -0.15) is 0 Å². The molecule has 0 atom stereocenters. The smallest absolute Gasteiger partial charge is 0.325 e. The number of benzene rings is 1. The normalized spacial score (nSPS) is 31.7. The zero-order valence-corrected chi connectivity index (χ0v) is 15.8. The van der Waals surface area contributed by atoms with Gasteiger partial charge in [0.2, 0.25) is 5.91 Å². The van der Waals surface area contributed by atoms with Gasteiger partial charge in [-0.3, -0.25) is 9.59 Å². The minimum absolute atomic E-state index is 0.00773. The fraction of sp³-hybridized carbons (Fsp3) is 0.619. The SMILES string of the molecule is O=C(CC12CC3CC(CC(C3)C1)C2)NCC(=O)OCc1cccc(Cl)c1. The molecule has 5 rings (SSSR count). The standard InChI is InChI=1S/C21H26ClNO3/c22-18-3-1-2-14(7-18)13-26-20(25)12-23-19(24)11-21-8-15-4-16(9-21)6-17(5-15)10-21/h1-3,7,15-17H,4-6,8-13H2,(H,23,24). The van der Waals surface area contributed by atoms with Crippen molar-refractivity contribution in [3.05, 3.63) is 34.9 Å². The first-order valence-electron chi connectivity index (χ1n) is 9.66. The molecular weight excluding hydrogens is 350 g/mol. The molecule has 4 aliphatic rings. The summed E-state index contributed by atoms with van der Waals surface area (Å²) in [6, 6.07) is 7.21. The van der Waals surface area contributed by atoms with E-state index >= 15 is 0 Å². The van der Waals surface area contributed by atoms with Crippen LogP contribution in [-0.2, 0) is 20.9 Å². The molecule has 0 unspecified atom stereocenters. The van der Waals surface area contributed by atoms with Gasteiger partial charge in [-0.15, -0.1) is 0 Å². The molecule has 4 aliphatic carbocycles. The van der Waals surface area contributed by atoms with E-state index < -0.39 is 5.97 Å². The lowest BCUT2D eigenvalue weighted by atomic mass is 9.49. The number of nitrogens with one attached hydrogen (secondary N) is 1. The van der Waals surface area contributed by atoms with E-state index in [4.69, 9.17) is 16.3 Å². The highest BCUT2D eigenvalue weighted by molar-refractivity contribution is 6.30. The van der Waals surface area contributed by atoms with E-state index in [1.54, 1.807) is 12.1 Å². The summed E-state index contributed by atoms with van der Waals surface area (Å²) in [5.41, 5.74) is 1.04. The van der Waals surface area contributed by atoms with Crippen molar-refractivity contribution in [2.24, 2.45) is 23.2 Å². The maximum atomic E-state index is 12.4. The van der Waals surface area contributed by atoms with Gasteiger partial charge in [-0.1, -0.05) is 23.7 Å². The second-order valence-corrected chi connectivity index (χ2v) is 9.10. The molecule has 0 spiro atoms. The topological polar surface area (TPSA) is 55.4 Å². The predicted molar refractivity (Wildman–Crippen MR) is 99.5 cm³/mol. The van der Waals surface area contributed by atoms with Crippen molar-refractivity contribution < 1.29 is 14.3 Å². The fourth-order valence-corrected chi connectivity index (χ4v) is 6.13. The maximum Gasteiger partial charge on any atom is 0.325 e. The van der Waals surface area contributed by atoms with Crippen molar-refractivity contribution in [2.45, 2.75) is 51.6 Å². The molecule has 4 nitrogen and oxygen atoms in total. The first-order valence-corrected chi connectivity index (χ1v) is 10.0. The Kier molecular flexibility index (Phi) is 4.96. The van der Waals surface area contributed by atoms with Crippen molar-refractivity contribution in [3.63, 3.8) is 0 Å². The Bertz CT molecular complexity index is 667. The quantitative estimate of drug-likeness (QED) is 0.761. The summed E-state index contributed by atoms with van der Waals surface area (Å²) in [5.74, 6) is 2.07. The Hall–Kier alpha value is -1.55. The van der Waals surface area contributed by atoms with E-state index in [-0.39, 0.29) is 24.5 Å². The maximum absolute atomic E-state index is 12.4. The number of hydrogen-bond acceptors (Lipinski definition) is 3. The highest BCUT2D eigenvalue weighted by atomic mass is 35.5. The van der Waals surface area contributed by atoms with Crippen LogP contribution in [0, 0.1) is 23.2 Å². The van der Waals surface area contributed by atoms with Gasteiger partial charge in [0.05, 0.1) is 0 Å². The molecule has 5 heteroatoms. The molecule has 4 bridgehead atoms. The average Bonchev–Trinajstić information content (AvgIpc) is 2.56. The minimum Gasteiger partial charge on any atom is -0.460 e. The van der Waals surface area contributed by atoms with Crippen LogP contribution >= 0.6 is 11.6 Å². The summed E-state index contributed by atoms with van der Waals surface area (Å²) in [5, 5.41) is 3.38. The second kappa shape index (κ2) is 7.22. The molecule has 0 radical (unpaired) electrons. The molecule has 4 saturated carbocycles. The Balaban J connectivity index is 1.22. The first-order chi connectivity index (χ1) is 12.5. The molecule has 0 aromatic heterocycles. The van der Waals surface area contributed by atoms with E-state index in [2.05, 4.69) is 5.32 Å². The summed E-state index contributed by atoms with van der Waals surface area (Å²) in [6.45, 7) is 0.107. The molecule has 0 heterocycles. The molecule has 4 fully saturated rings. The minimum atomic E-state index is -0.413. The number of hydrogen-bond donors (Lipinski definition) is 1. The third-order valence-electron chi connectivity index (χ3n) is 6.42. The van der Waals surface area contributed by atoms with Gasteiger partial charge in [0.25, 0.3) is 0 Å². The average molecular weight is 376 g/mol. The highest BCUT2D eigenvalue weighted by Crippen LogP contribution is 2.61. The second-order valence-electron chi connectivity index (χ2n) is 8.66. The van der Waals surface area contributed by atoms with Crippen molar-refractivity contribution >= 4 is 23.5 Å². The highest BCUT2D eigenvalue weighted by Gasteiger charge is 2.51. The Labute approximate surface area is 159 Å². The Morgan fingerprint density at radius 2 is 1.77 bits per heavy atom. The van der Waals surface area contributed by atoms with Gasteiger partial charge >= 0.3 is 5.97 Å². The largest absolute Gasteiger partial charge is 0.460 e. The van der Waals surface area contributed by atoms with Crippen molar-refractivity contribution in [1.82, 2.24) is 5.32 Å². The molecule has 1 aromatic carbocycles. The van der Waals surface area contributed by atoms with Crippen LogP contribution in [0.25, 0.3) is 0 Å². The van der Waals surface area contributed by atoms with Gasteiger partial charge in [-0.25, -0.2) is 0 Å². The van der Waals surface area contributed by atoms with Crippen LogP contribution in [0.15, 0.2) is 24.3 Å². The van der Waals surface area contributed by atoms with Crippen LogP contribution in [0.1, 0.15) is 50.5 Å². The number of halogens is 1. The lowest BCUT2D eigenvalue weighted by molar-refractivity contribution is -0.146. The van der Waals surface area contributed by atoms with Gasteiger partial charge in [0.15, 0.2) is 0 Å². The lowest BCUT2D eigenvalue weighted by Crippen LogP contribution is -2.48. The Morgan fingerprint density at radius 1 is 1.12 bits per heavy atom. The number of rotatable bonds is 6. The van der Waals surface area contributed by atoms with Gasteiger partial charge in [0, 0.05) is 11.4 Å². The predicted octanol–water partition coefficient (Wildman–Crippen LogP) is 4.11. The molecule has 1 N–H and O–H groups in total. The number of carbonyl (C=O) groups excluding carboxylic acids is 2. The van der Waals surface area contributed by atoms with E-state index in [0.717, 1.165) is 23.3 Å². The first kappa shape index (κ1) is 17.8. The van der Waals surface area contributed by atoms with E-state index in [1.165, 1.54) is 38.5 Å². The van der Waals surface area contributed by atoms with Crippen molar-refractivity contribution in [2.75, 3.05) is 6.54 Å². The summed E-state index contributed by atoms with van der Waals surface area (Å²) >= 11 is 5.91. The van der Waals surface area contributed by atoms with Crippen molar-refractivity contribution in [3.8, 4) is 0 Å². The van der Waals surface area contributed by atoms with Crippen LogP contribution in [0.3, 0.4) is 0 Å². The number of ether oxygens (including phenoxy) is 1. The van der Waals surface area contributed by atoms with Crippen molar-refractivity contribution in [1.29, 1.82) is 0 Å². The summed E-state index contributed by atoms with van der Waals surface area (Å²) in [7, 11) is 0. The van der Waals surface area contributed by atoms with Gasteiger partial charge in [0.1, 0.15) is 13.2 Å². The number of esters is 1. The summed E-state index contributed by atoms with van der Waals surface area (Å²) in [6.07, 6.45) is 8.28. The number of amides is 1. The van der Waals surface area contributed by atoms with Crippen LogP contribution < -0.4 is 5.32 Å². The number of carbonyl (C=O) groups is 2. The zero-order chi connectivity index (χ0) is 18.1. The third kappa shape index (κ3) is 4.06. The fourth-order valence-electron chi connectivity index (χ4n) is 5.92. The molecule has 1 aromatic rings. The van der Waals surface area contributed by atoms with Gasteiger partial charge in [-0.05, 0) is 79.4 Å². The molecule has 0 aliphatic heterocycles. The zero-order valence-electron chi connectivity index (χ0n) is 15.0. The molecule has 26 heavy (non-hydrogen) atoms. The van der Waals surface area contributed by atoms with Crippen LogP contribution in [0.2, 0.25) is 5.02 Å². The molecule has 1 amide bonds. The van der Waals surface area contributed by atoms with E-state index in [0.29, 0.717) is 11.4 Å². The van der Waals surface area contributed by atoms with E-state index in [1.807, 2.05) is 12.1 Å². The van der Waals surface area contributed by atoms with Gasteiger partial charge < -0.3 is 10.1 Å². The third-order valence-corrected chi connectivity index (χ3v) is 6.65. The van der Waals surface area contributed by atoms with Crippen LogP contribution in [0.5, 0.6) is 0 Å². The van der Waals surface area contributed by atoms with Crippen LogP contribution in [-0.4, -0.2) is 18.4 Å². The molecular formula is C21H26ClNO3.